The van der Waals surface area contributed by atoms with Crippen molar-refractivity contribution >= 4 is 34.5 Å². The molecule has 0 atom stereocenters. The van der Waals surface area contributed by atoms with Crippen LogP contribution in [0.25, 0.3) is 0 Å². The number of thiazole rings is 1. The van der Waals surface area contributed by atoms with Gasteiger partial charge in [0, 0.05) is 29.6 Å². The lowest BCUT2D eigenvalue weighted by molar-refractivity contribution is 0.0954. The first kappa shape index (κ1) is 13.8. The minimum atomic E-state index is -0.156. The molecule has 0 aliphatic heterocycles. The van der Waals surface area contributed by atoms with Gasteiger partial charge in [-0.1, -0.05) is 11.6 Å². The average molecular weight is 296 g/mol. The van der Waals surface area contributed by atoms with Crippen LogP contribution in [0.15, 0.2) is 23.6 Å². The molecule has 1 amide bonds. The topological polar surface area (TPSA) is 68.0 Å². The number of hydrogen-bond acceptors (Lipinski definition) is 4. The fraction of sp³-hybridized carbons (Fsp3) is 0.231. The minimum absolute atomic E-state index is 0.156. The number of nitrogens with two attached hydrogens (primary N) is 1. The van der Waals surface area contributed by atoms with E-state index in [0.717, 1.165) is 17.1 Å². The summed E-state index contributed by atoms with van der Waals surface area (Å²) in [5, 5.41) is 6.30. The van der Waals surface area contributed by atoms with Crippen LogP contribution in [0, 0.1) is 6.92 Å². The molecule has 1 aromatic heterocycles. The van der Waals surface area contributed by atoms with Crippen LogP contribution in [0.4, 0.5) is 5.69 Å². The molecule has 1 heterocycles. The van der Waals surface area contributed by atoms with Crippen molar-refractivity contribution < 1.29 is 4.79 Å². The Morgan fingerprint density at radius 3 is 2.95 bits per heavy atom. The number of aryl methyl sites for hydroxylation is 1. The zero-order valence-electron chi connectivity index (χ0n) is 10.4. The van der Waals surface area contributed by atoms with Crippen molar-refractivity contribution in [2.75, 3.05) is 12.3 Å². The van der Waals surface area contributed by atoms with E-state index in [1.165, 1.54) is 0 Å². The van der Waals surface area contributed by atoms with Gasteiger partial charge in [0.1, 0.15) is 0 Å². The van der Waals surface area contributed by atoms with Crippen LogP contribution in [-0.2, 0) is 6.42 Å². The van der Waals surface area contributed by atoms with Crippen LogP contribution in [0.5, 0.6) is 0 Å². The Morgan fingerprint density at radius 2 is 2.32 bits per heavy atom. The number of nitrogens with one attached hydrogen (secondary N) is 1. The van der Waals surface area contributed by atoms with E-state index >= 15 is 0 Å². The number of carbonyl (C=O) groups is 1. The monoisotopic (exact) mass is 295 g/mol. The highest BCUT2D eigenvalue weighted by molar-refractivity contribution is 7.09. The SMILES string of the molecule is Cc1csc(CCNC(=O)c2ccc(Cl)c(N)c2)n1. The number of nitrogens with zero attached hydrogens (tertiary/aromatic N) is 1. The van der Waals surface area contributed by atoms with Gasteiger partial charge < -0.3 is 11.1 Å². The Hall–Kier alpha value is -1.59. The molecule has 0 bridgehead atoms. The van der Waals surface area contributed by atoms with Crippen LogP contribution < -0.4 is 11.1 Å². The molecule has 1 aromatic carbocycles. The maximum absolute atomic E-state index is 11.9. The van der Waals surface area contributed by atoms with Crippen molar-refractivity contribution in [2.45, 2.75) is 13.3 Å². The van der Waals surface area contributed by atoms with Crippen LogP contribution >= 0.6 is 22.9 Å². The third-order valence-electron chi connectivity index (χ3n) is 2.55. The zero-order valence-corrected chi connectivity index (χ0v) is 12.0. The molecule has 0 aliphatic rings. The number of hydrogen-bond donors (Lipinski definition) is 2. The highest BCUT2D eigenvalue weighted by atomic mass is 35.5. The number of carbonyl (C=O) groups excluding carboxylic acids is 1. The number of anilines is 1. The molecule has 4 nitrogen and oxygen atoms in total. The fourth-order valence-corrected chi connectivity index (χ4v) is 2.48. The fourth-order valence-electron chi connectivity index (χ4n) is 1.59. The van der Waals surface area contributed by atoms with Gasteiger partial charge in [-0.3, -0.25) is 4.79 Å². The Balaban J connectivity index is 1.89. The van der Waals surface area contributed by atoms with Gasteiger partial charge in [-0.25, -0.2) is 4.98 Å². The Kier molecular flexibility index (Phi) is 4.39. The lowest BCUT2D eigenvalue weighted by Gasteiger charge is -2.05. The van der Waals surface area contributed by atoms with Gasteiger partial charge in [0.15, 0.2) is 0 Å². The van der Waals surface area contributed by atoms with E-state index in [9.17, 15) is 4.79 Å². The highest BCUT2D eigenvalue weighted by Crippen LogP contribution is 2.19. The second-order valence-electron chi connectivity index (χ2n) is 4.12. The molecule has 0 aliphatic carbocycles. The number of aromatic nitrogens is 1. The van der Waals surface area contributed by atoms with Gasteiger partial charge in [0.25, 0.3) is 5.91 Å². The van der Waals surface area contributed by atoms with Crippen molar-refractivity contribution in [2.24, 2.45) is 0 Å². The quantitative estimate of drug-likeness (QED) is 0.852. The lowest BCUT2D eigenvalue weighted by Crippen LogP contribution is -2.25. The van der Waals surface area contributed by atoms with Gasteiger partial charge in [-0.2, -0.15) is 0 Å². The van der Waals surface area contributed by atoms with Gasteiger partial charge in [0.05, 0.1) is 15.7 Å². The second kappa shape index (κ2) is 6.04. The number of nitrogen functional groups attached to an aromatic ring is 1. The van der Waals surface area contributed by atoms with Crippen LogP contribution in [-0.4, -0.2) is 17.4 Å². The molecule has 6 heteroatoms. The van der Waals surface area contributed by atoms with E-state index in [2.05, 4.69) is 10.3 Å². The highest BCUT2D eigenvalue weighted by Gasteiger charge is 2.07. The molecule has 0 unspecified atom stereocenters. The van der Waals surface area contributed by atoms with Crippen LogP contribution in [0.2, 0.25) is 5.02 Å². The summed E-state index contributed by atoms with van der Waals surface area (Å²) >= 11 is 7.41. The summed E-state index contributed by atoms with van der Waals surface area (Å²) in [6.45, 7) is 2.50. The summed E-state index contributed by atoms with van der Waals surface area (Å²) in [4.78, 5) is 16.2. The maximum atomic E-state index is 11.9. The number of halogens is 1. The molecule has 0 radical (unpaired) electrons. The van der Waals surface area contributed by atoms with Crippen LogP contribution in [0.1, 0.15) is 21.1 Å². The zero-order chi connectivity index (χ0) is 13.8. The maximum Gasteiger partial charge on any atom is 0.251 e. The molecule has 0 saturated heterocycles. The first-order chi connectivity index (χ1) is 9.06. The number of rotatable bonds is 4. The average Bonchev–Trinajstić information content (AvgIpc) is 2.78. The largest absolute Gasteiger partial charge is 0.398 e. The molecular weight excluding hydrogens is 282 g/mol. The van der Waals surface area contributed by atoms with Crippen molar-refractivity contribution in [3.63, 3.8) is 0 Å². The van der Waals surface area contributed by atoms with Gasteiger partial charge in [0.2, 0.25) is 0 Å². The van der Waals surface area contributed by atoms with E-state index in [-0.39, 0.29) is 5.91 Å². The third kappa shape index (κ3) is 3.68. The summed E-state index contributed by atoms with van der Waals surface area (Å²) in [6, 6.07) is 4.85. The third-order valence-corrected chi connectivity index (χ3v) is 3.92. The molecular formula is C13H14ClN3OS. The van der Waals surface area contributed by atoms with E-state index < -0.39 is 0 Å². The van der Waals surface area contributed by atoms with E-state index in [4.69, 9.17) is 17.3 Å². The van der Waals surface area contributed by atoms with Crippen molar-refractivity contribution in [3.8, 4) is 0 Å². The normalized spacial score (nSPS) is 10.4. The predicted molar refractivity (Wildman–Crippen MR) is 78.8 cm³/mol. The second-order valence-corrected chi connectivity index (χ2v) is 5.47. The first-order valence-electron chi connectivity index (χ1n) is 5.80. The Bertz CT molecular complexity index is 597. The molecule has 2 aromatic rings. The smallest absolute Gasteiger partial charge is 0.251 e. The first-order valence-corrected chi connectivity index (χ1v) is 7.06. The number of benzene rings is 1. The van der Waals surface area contributed by atoms with Gasteiger partial charge in [-0.15, -0.1) is 11.3 Å². The summed E-state index contributed by atoms with van der Waals surface area (Å²) in [5.74, 6) is -0.156. The molecule has 100 valence electrons. The molecule has 0 saturated carbocycles. The summed E-state index contributed by atoms with van der Waals surface area (Å²) < 4.78 is 0. The van der Waals surface area contributed by atoms with Crippen molar-refractivity contribution in [1.82, 2.24) is 10.3 Å². The van der Waals surface area contributed by atoms with Crippen LogP contribution in [0.3, 0.4) is 0 Å². The lowest BCUT2D eigenvalue weighted by atomic mass is 10.2. The number of amides is 1. The molecule has 19 heavy (non-hydrogen) atoms. The molecule has 2 rings (SSSR count). The Labute approximate surface area is 120 Å². The van der Waals surface area contributed by atoms with Crippen molar-refractivity contribution in [3.05, 3.63) is 44.9 Å². The predicted octanol–water partition coefficient (Wildman–Crippen LogP) is 2.66. The summed E-state index contributed by atoms with van der Waals surface area (Å²) in [7, 11) is 0. The summed E-state index contributed by atoms with van der Waals surface area (Å²) in [6.07, 6.45) is 0.729. The van der Waals surface area contributed by atoms with E-state index in [1.54, 1.807) is 29.5 Å². The molecule has 0 fully saturated rings. The van der Waals surface area contributed by atoms with Crippen molar-refractivity contribution in [1.29, 1.82) is 0 Å². The molecule has 3 N–H and O–H groups in total. The molecule has 0 spiro atoms. The Morgan fingerprint density at radius 1 is 1.53 bits per heavy atom. The van der Waals surface area contributed by atoms with E-state index in [1.807, 2.05) is 12.3 Å². The van der Waals surface area contributed by atoms with Gasteiger partial charge in [-0.05, 0) is 25.1 Å². The van der Waals surface area contributed by atoms with E-state index in [0.29, 0.717) is 22.8 Å². The standard InChI is InChI=1S/C13H14ClN3OS/c1-8-7-19-12(17-8)4-5-16-13(18)9-2-3-10(14)11(15)6-9/h2-3,6-7H,4-5,15H2,1H3,(H,16,18). The van der Waals surface area contributed by atoms with Gasteiger partial charge >= 0.3 is 0 Å². The summed E-state index contributed by atoms with van der Waals surface area (Å²) in [5.41, 5.74) is 7.59. The minimum Gasteiger partial charge on any atom is -0.398 e.